The summed E-state index contributed by atoms with van der Waals surface area (Å²) in [7, 11) is 0. The molecule has 0 aromatic heterocycles. The molecular weight excluding hydrogens is 333 g/mol. The summed E-state index contributed by atoms with van der Waals surface area (Å²) in [4.78, 5) is 12.0. The van der Waals surface area contributed by atoms with Crippen molar-refractivity contribution in [2.24, 2.45) is 0 Å². The third-order valence-corrected chi connectivity index (χ3v) is 4.05. The number of amides is 1. The van der Waals surface area contributed by atoms with Gasteiger partial charge in [0.2, 0.25) is 5.91 Å². The number of nitrogens with one attached hydrogen (secondary N) is 1. The summed E-state index contributed by atoms with van der Waals surface area (Å²) in [6.07, 6.45) is 6.15. The van der Waals surface area contributed by atoms with Gasteiger partial charge in [-0.1, -0.05) is 31.9 Å². The SMILES string of the molecule is CCCCOc1ccc(C[C@@H](C)NC(=O)CCCCCOCCF)cc1. The topological polar surface area (TPSA) is 47.6 Å². The first-order valence-corrected chi connectivity index (χ1v) is 9.80. The molecule has 0 spiro atoms. The Kier molecular flexibility index (Phi) is 12.5. The molecular formula is C21H34FNO3. The fourth-order valence-corrected chi connectivity index (χ4v) is 2.63. The summed E-state index contributed by atoms with van der Waals surface area (Å²) in [5.74, 6) is 0.982. The average molecular weight is 368 g/mol. The van der Waals surface area contributed by atoms with Crippen LogP contribution < -0.4 is 10.1 Å². The van der Waals surface area contributed by atoms with Gasteiger partial charge in [0.25, 0.3) is 0 Å². The van der Waals surface area contributed by atoms with E-state index in [9.17, 15) is 9.18 Å². The Morgan fingerprint density at radius 3 is 2.54 bits per heavy atom. The van der Waals surface area contributed by atoms with E-state index in [2.05, 4.69) is 24.4 Å². The zero-order chi connectivity index (χ0) is 19.0. The van der Waals surface area contributed by atoms with Gasteiger partial charge in [-0.05, 0) is 50.3 Å². The van der Waals surface area contributed by atoms with Crippen molar-refractivity contribution >= 4 is 5.91 Å². The van der Waals surface area contributed by atoms with Crippen molar-refractivity contribution in [3.8, 4) is 5.75 Å². The molecule has 1 aromatic carbocycles. The predicted octanol–water partition coefficient (Wildman–Crippen LogP) is 4.46. The molecule has 26 heavy (non-hydrogen) atoms. The third-order valence-electron chi connectivity index (χ3n) is 4.05. The molecule has 148 valence electrons. The largest absolute Gasteiger partial charge is 0.494 e. The number of unbranched alkanes of at least 4 members (excludes halogenated alkanes) is 3. The molecule has 0 aliphatic rings. The highest BCUT2D eigenvalue weighted by Gasteiger charge is 2.08. The van der Waals surface area contributed by atoms with Crippen LogP contribution in [0.1, 0.15) is 57.9 Å². The van der Waals surface area contributed by atoms with Crippen LogP contribution >= 0.6 is 0 Å². The number of halogens is 1. The maximum atomic E-state index is 12.0. The molecule has 1 amide bonds. The first-order valence-electron chi connectivity index (χ1n) is 9.80. The molecule has 1 N–H and O–H groups in total. The van der Waals surface area contributed by atoms with E-state index in [4.69, 9.17) is 9.47 Å². The Morgan fingerprint density at radius 1 is 1.08 bits per heavy atom. The van der Waals surface area contributed by atoms with Crippen LogP contribution in [0.15, 0.2) is 24.3 Å². The smallest absolute Gasteiger partial charge is 0.220 e. The molecule has 0 bridgehead atoms. The number of carbonyl (C=O) groups excluding carboxylic acids is 1. The number of alkyl halides is 1. The molecule has 0 saturated heterocycles. The zero-order valence-electron chi connectivity index (χ0n) is 16.3. The van der Waals surface area contributed by atoms with Crippen LogP contribution in [0.25, 0.3) is 0 Å². The first-order chi connectivity index (χ1) is 12.7. The summed E-state index contributed by atoms with van der Waals surface area (Å²) in [6.45, 7) is 5.23. The van der Waals surface area contributed by atoms with Crippen molar-refractivity contribution in [3.63, 3.8) is 0 Å². The van der Waals surface area contributed by atoms with E-state index < -0.39 is 6.67 Å². The van der Waals surface area contributed by atoms with E-state index in [1.165, 1.54) is 5.56 Å². The van der Waals surface area contributed by atoms with Crippen LogP contribution in [-0.4, -0.2) is 38.4 Å². The number of hydrogen-bond acceptors (Lipinski definition) is 3. The summed E-state index contributed by atoms with van der Waals surface area (Å²) in [6, 6.07) is 8.19. The molecule has 0 aliphatic heterocycles. The van der Waals surface area contributed by atoms with Crippen molar-refractivity contribution in [1.82, 2.24) is 5.32 Å². The van der Waals surface area contributed by atoms with Crippen molar-refractivity contribution in [2.75, 3.05) is 26.5 Å². The average Bonchev–Trinajstić information content (AvgIpc) is 2.62. The fourth-order valence-electron chi connectivity index (χ4n) is 2.63. The van der Waals surface area contributed by atoms with Gasteiger partial charge in [-0.3, -0.25) is 4.79 Å². The molecule has 5 heteroatoms. The van der Waals surface area contributed by atoms with Crippen LogP contribution in [0.5, 0.6) is 5.75 Å². The van der Waals surface area contributed by atoms with E-state index in [1.807, 2.05) is 19.1 Å². The van der Waals surface area contributed by atoms with Gasteiger partial charge in [0, 0.05) is 19.1 Å². The van der Waals surface area contributed by atoms with Gasteiger partial charge in [0.1, 0.15) is 12.4 Å². The van der Waals surface area contributed by atoms with Gasteiger partial charge in [-0.25, -0.2) is 4.39 Å². The monoisotopic (exact) mass is 367 g/mol. The number of hydrogen-bond donors (Lipinski definition) is 1. The third kappa shape index (κ3) is 11.1. The van der Waals surface area contributed by atoms with Gasteiger partial charge >= 0.3 is 0 Å². The lowest BCUT2D eigenvalue weighted by molar-refractivity contribution is -0.121. The molecule has 0 heterocycles. The minimum Gasteiger partial charge on any atom is -0.494 e. The Bertz CT molecular complexity index is 479. The van der Waals surface area contributed by atoms with Gasteiger partial charge in [-0.2, -0.15) is 0 Å². The normalized spacial score (nSPS) is 12.0. The van der Waals surface area contributed by atoms with Crippen molar-refractivity contribution in [3.05, 3.63) is 29.8 Å². The van der Waals surface area contributed by atoms with Gasteiger partial charge in [-0.15, -0.1) is 0 Å². The number of ether oxygens (including phenoxy) is 2. The Balaban J connectivity index is 2.16. The van der Waals surface area contributed by atoms with Gasteiger partial charge in [0.15, 0.2) is 0 Å². The van der Waals surface area contributed by atoms with Gasteiger partial charge in [0.05, 0.1) is 13.2 Å². The molecule has 4 nitrogen and oxygen atoms in total. The Hall–Kier alpha value is -1.62. The molecule has 0 radical (unpaired) electrons. The Labute approximate surface area is 157 Å². The summed E-state index contributed by atoms with van der Waals surface area (Å²) in [5, 5.41) is 3.05. The summed E-state index contributed by atoms with van der Waals surface area (Å²) < 4.78 is 22.6. The van der Waals surface area contributed by atoms with Crippen molar-refractivity contribution in [1.29, 1.82) is 0 Å². The molecule has 0 aliphatic carbocycles. The highest BCUT2D eigenvalue weighted by atomic mass is 19.1. The quantitative estimate of drug-likeness (QED) is 0.466. The van der Waals surface area contributed by atoms with E-state index in [0.29, 0.717) is 13.0 Å². The van der Waals surface area contributed by atoms with Crippen LogP contribution in [-0.2, 0) is 16.0 Å². The molecule has 1 rings (SSSR count). The van der Waals surface area contributed by atoms with E-state index in [0.717, 1.165) is 50.9 Å². The summed E-state index contributed by atoms with van der Waals surface area (Å²) in [5.41, 5.74) is 1.19. The summed E-state index contributed by atoms with van der Waals surface area (Å²) >= 11 is 0. The molecule has 0 fully saturated rings. The molecule has 1 atom stereocenters. The maximum absolute atomic E-state index is 12.0. The lowest BCUT2D eigenvalue weighted by Crippen LogP contribution is -2.33. The predicted molar refractivity (Wildman–Crippen MR) is 103 cm³/mol. The second-order valence-electron chi connectivity index (χ2n) is 6.63. The van der Waals surface area contributed by atoms with Crippen LogP contribution in [0.2, 0.25) is 0 Å². The molecule has 1 aromatic rings. The standard InChI is InChI=1S/C21H34FNO3/c1-3-4-15-26-20-11-9-19(10-12-20)17-18(2)23-21(24)8-6-5-7-14-25-16-13-22/h9-12,18H,3-8,13-17H2,1-2H3,(H,23,24)/t18-/m1/s1. The molecule has 0 unspecified atom stereocenters. The van der Waals surface area contributed by atoms with E-state index in [1.54, 1.807) is 0 Å². The number of benzene rings is 1. The maximum Gasteiger partial charge on any atom is 0.220 e. The van der Waals surface area contributed by atoms with E-state index >= 15 is 0 Å². The van der Waals surface area contributed by atoms with Gasteiger partial charge < -0.3 is 14.8 Å². The molecule has 0 saturated carbocycles. The van der Waals surface area contributed by atoms with Crippen LogP contribution in [0, 0.1) is 0 Å². The van der Waals surface area contributed by atoms with Crippen LogP contribution in [0.3, 0.4) is 0 Å². The highest BCUT2D eigenvalue weighted by molar-refractivity contribution is 5.76. The second kappa shape index (κ2) is 14.5. The first kappa shape index (κ1) is 22.4. The fraction of sp³-hybridized carbons (Fsp3) is 0.667. The minimum absolute atomic E-state index is 0.0849. The lowest BCUT2D eigenvalue weighted by atomic mass is 10.1. The van der Waals surface area contributed by atoms with Crippen molar-refractivity contribution in [2.45, 2.75) is 64.8 Å². The minimum atomic E-state index is -0.436. The van der Waals surface area contributed by atoms with E-state index in [-0.39, 0.29) is 18.6 Å². The zero-order valence-corrected chi connectivity index (χ0v) is 16.3. The number of carbonyl (C=O) groups is 1. The second-order valence-corrected chi connectivity index (χ2v) is 6.63. The van der Waals surface area contributed by atoms with Crippen LogP contribution in [0.4, 0.5) is 4.39 Å². The highest BCUT2D eigenvalue weighted by Crippen LogP contribution is 2.14. The lowest BCUT2D eigenvalue weighted by Gasteiger charge is -2.14. The number of rotatable bonds is 15. The van der Waals surface area contributed by atoms with Crippen molar-refractivity contribution < 1.29 is 18.7 Å². The Morgan fingerprint density at radius 2 is 1.85 bits per heavy atom.